The second-order valence-electron chi connectivity index (χ2n) is 8.74. The molecular formula is C26H25ClF3N3O3. The van der Waals surface area contributed by atoms with E-state index in [1.54, 1.807) is 31.2 Å². The fourth-order valence-electron chi connectivity index (χ4n) is 4.24. The first-order chi connectivity index (χ1) is 17.1. The van der Waals surface area contributed by atoms with Gasteiger partial charge in [0.2, 0.25) is 0 Å². The second-order valence-corrected chi connectivity index (χ2v) is 9.17. The van der Waals surface area contributed by atoms with Gasteiger partial charge in [0.1, 0.15) is 11.4 Å². The number of aromatic nitrogens is 1. The molecule has 6 nitrogen and oxygen atoms in total. The number of hydrogen-bond acceptors (Lipinski definition) is 5. The highest BCUT2D eigenvalue weighted by Crippen LogP contribution is 2.35. The Balaban J connectivity index is 1.40. The molecule has 36 heavy (non-hydrogen) atoms. The summed E-state index contributed by atoms with van der Waals surface area (Å²) >= 11 is 6.08. The third-order valence-electron chi connectivity index (χ3n) is 6.10. The average Bonchev–Trinajstić information content (AvgIpc) is 2.84. The number of carbonyl (C=O) groups is 2. The summed E-state index contributed by atoms with van der Waals surface area (Å²) < 4.78 is 45.3. The Kier molecular flexibility index (Phi) is 7.68. The molecule has 1 aliphatic carbocycles. The van der Waals surface area contributed by atoms with Crippen LogP contribution in [-0.2, 0) is 11.0 Å². The Bertz CT molecular complexity index is 1270. The van der Waals surface area contributed by atoms with Crippen molar-refractivity contribution >= 4 is 40.1 Å². The molecule has 4 rings (SSSR count). The quantitative estimate of drug-likeness (QED) is 0.292. The molecule has 1 fully saturated rings. The predicted molar refractivity (Wildman–Crippen MR) is 131 cm³/mol. The molecule has 10 heteroatoms. The van der Waals surface area contributed by atoms with Crippen molar-refractivity contribution in [2.75, 3.05) is 5.32 Å². The molecule has 1 aromatic heterocycles. The lowest BCUT2D eigenvalue weighted by atomic mass is 9.90. The van der Waals surface area contributed by atoms with E-state index in [1.165, 1.54) is 18.2 Å². The number of nitrogens with zero attached hydrogens (tertiary/aromatic N) is 1. The van der Waals surface area contributed by atoms with E-state index in [-0.39, 0.29) is 35.9 Å². The first kappa shape index (κ1) is 25.8. The van der Waals surface area contributed by atoms with Crippen LogP contribution in [0.1, 0.15) is 55.1 Å². The van der Waals surface area contributed by atoms with Gasteiger partial charge in [0.25, 0.3) is 5.91 Å². The normalized spacial score (nSPS) is 18.0. The highest BCUT2D eigenvalue weighted by atomic mass is 35.5. The fourth-order valence-corrected chi connectivity index (χ4v) is 4.41. The molecule has 190 valence electrons. The number of alkyl halides is 3. The van der Waals surface area contributed by atoms with Gasteiger partial charge in [-0.25, -0.2) is 4.98 Å². The number of nitrogens with one attached hydrogen (secondary N) is 2. The maximum absolute atomic E-state index is 13.4. The van der Waals surface area contributed by atoms with Crippen LogP contribution in [0.5, 0.6) is 5.75 Å². The van der Waals surface area contributed by atoms with Gasteiger partial charge in [-0.2, -0.15) is 13.2 Å². The Morgan fingerprint density at radius 2 is 1.78 bits per heavy atom. The summed E-state index contributed by atoms with van der Waals surface area (Å²) in [5, 5.41) is 7.17. The van der Waals surface area contributed by atoms with Crippen molar-refractivity contribution < 1.29 is 27.5 Å². The molecule has 2 N–H and O–H groups in total. The van der Waals surface area contributed by atoms with Crippen LogP contribution in [-0.4, -0.2) is 28.9 Å². The Morgan fingerprint density at radius 1 is 1.06 bits per heavy atom. The molecule has 0 unspecified atom stereocenters. The van der Waals surface area contributed by atoms with Gasteiger partial charge in [-0.3, -0.25) is 9.59 Å². The number of ether oxygens (including phenoxy) is 1. The van der Waals surface area contributed by atoms with Crippen LogP contribution in [0.3, 0.4) is 0 Å². The minimum Gasteiger partial charge on any atom is -0.427 e. The van der Waals surface area contributed by atoms with Crippen molar-refractivity contribution in [1.29, 1.82) is 0 Å². The first-order valence-electron chi connectivity index (χ1n) is 11.7. The predicted octanol–water partition coefficient (Wildman–Crippen LogP) is 6.38. The highest BCUT2D eigenvalue weighted by Gasteiger charge is 2.34. The molecule has 1 saturated carbocycles. The monoisotopic (exact) mass is 519 g/mol. The summed E-state index contributed by atoms with van der Waals surface area (Å²) in [6.07, 6.45) is -1.71. The van der Waals surface area contributed by atoms with Crippen molar-refractivity contribution in [2.24, 2.45) is 0 Å². The SMILES string of the molecule is CCC(=O)Oc1cccc(C(=O)N[C@H]2CC[C@@H](Nc3cc(C(F)(F)F)nc4ccc(Cl)cc34)CC2)c1. The zero-order valence-corrected chi connectivity index (χ0v) is 20.2. The maximum Gasteiger partial charge on any atom is 0.433 e. The zero-order valence-electron chi connectivity index (χ0n) is 19.5. The average molecular weight is 520 g/mol. The number of hydrogen-bond donors (Lipinski definition) is 2. The number of esters is 1. The van der Waals surface area contributed by atoms with E-state index in [9.17, 15) is 22.8 Å². The lowest BCUT2D eigenvalue weighted by molar-refractivity contribution is -0.141. The van der Waals surface area contributed by atoms with Gasteiger partial charge < -0.3 is 15.4 Å². The standard InChI is InChI=1S/C26H25ClF3N3O3/c1-2-24(34)36-19-5-3-4-15(12-19)25(35)32-18-9-7-17(8-10-18)31-22-14-23(26(28,29)30)33-21-11-6-16(27)13-20(21)22/h3-6,11-14,17-18H,2,7-10H2,1H3,(H,31,33)(H,32,35)/t17-,18+. The van der Waals surface area contributed by atoms with E-state index in [1.807, 2.05) is 0 Å². The molecule has 0 radical (unpaired) electrons. The number of rotatable bonds is 6. The Labute approximate surface area is 211 Å². The highest BCUT2D eigenvalue weighted by molar-refractivity contribution is 6.31. The van der Waals surface area contributed by atoms with Crippen LogP contribution in [0.15, 0.2) is 48.5 Å². The van der Waals surface area contributed by atoms with Crippen LogP contribution in [0.25, 0.3) is 10.9 Å². The summed E-state index contributed by atoms with van der Waals surface area (Å²) in [5.41, 5.74) is -0.0330. The first-order valence-corrected chi connectivity index (χ1v) is 12.1. The Morgan fingerprint density at radius 3 is 2.47 bits per heavy atom. The van der Waals surface area contributed by atoms with E-state index in [0.29, 0.717) is 53.1 Å². The molecule has 1 amide bonds. The number of carbonyl (C=O) groups excluding carboxylic acids is 2. The van der Waals surface area contributed by atoms with E-state index in [0.717, 1.165) is 6.07 Å². The van der Waals surface area contributed by atoms with E-state index in [2.05, 4.69) is 15.6 Å². The molecule has 0 aliphatic heterocycles. The molecule has 3 aromatic rings. The number of pyridine rings is 1. The van der Waals surface area contributed by atoms with Gasteiger partial charge in [-0.15, -0.1) is 0 Å². The van der Waals surface area contributed by atoms with Gasteiger partial charge in [0.05, 0.1) is 5.52 Å². The molecule has 0 atom stereocenters. The van der Waals surface area contributed by atoms with Gasteiger partial charge in [-0.1, -0.05) is 24.6 Å². The minimum atomic E-state index is -4.57. The third-order valence-corrected chi connectivity index (χ3v) is 6.33. The second kappa shape index (κ2) is 10.7. The fraction of sp³-hybridized carbons (Fsp3) is 0.346. The van der Waals surface area contributed by atoms with Crippen LogP contribution >= 0.6 is 11.6 Å². The minimum absolute atomic E-state index is 0.0689. The summed E-state index contributed by atoms with van der Waals surface area (Å²) in [7, 11) is 0. The summed E-state index contributed by atoms with van der Waals surface area (Å²) in [6.45, 7) is 1.69. The van der Waals surface area contributed by atoms with Crippen molar-refractivity contribution in [1.82, 2.24) is 10.3 Å². The lowest BCUT2D eigenvalue weighted by Gasteiger charge is -2.30. The molecule has 2 aromatic carbocycles. The lowest BCUT2D eigenvalue weighted by Crippen LogP contribution is -2.40. The van der Waals surface area contributed by atoms with Gasteiger partial charge >= 0.3 is 12.1 Å². The number of amides is 1. The maximum atomic E-state index is 13.4. The summed E-state index contributed by atoms with van der Waals surface area (Å²) in [5.74, 6) is -0.347. The molecule has 0 spiro atoms. The van der Waals surface area contributed by atoms with E-state index >= 15 is 0 Å². The zero-order chi connectivity index (χ0) is 25.9. The smallest absolute Gasteiger partial charge is 0.427 e. The topological polar surface area (TPSA) is 80.3 Å². The largest absolute Gasteiger partial charge is 0.433 e. The van der Waals surface area contributed by atoms with Crippen molar-refractivity contribution in [2.45, 2.75) is 57.3 Å². The number of anilines is 1. The van der Waals surface area contributed by atoms with Gasteiger partial charge in [-0.05, 0) is 68.1 Å². The van der Waals surface area contributed by atoms with Crippen LogP contribution in [0, 0.1) is 0 Å². The summed E-state index contributed by atoms with van der Waals surface area (Å²) in [4.78, 5) is 28.0. The van der Waals surface area contributed by atoms with Crippen molar-refractivity contribution in [3.63, 3.8) is 0 Å². The third kappa shape index (κ3) is 6.26. The van der Waals surface area contributed by atoms with Crippen molar-refractivity contribution in [3.8, 4) is 5.75 Å². The molecule has 0 bridgehead atoms. The van der Waals surface area contributed by atoms with Gasteiger partial charge in [0, 0.05) is 40.2 Å². The van der Waals surface area contributed by atoms with Crippen LogP contribution in [0.2, 0.25) is 5.02 Å². The molecule has 1 aliphatic rings. The number of fused-ring (bicyclic) bond motifs is 1. The summed E-state index contributed by atoms with van der Waals surface area (Å²) in [6, 6.07) is 11.9. The van der Waals surface area contributed by atoms with E-state index in [4.69, 9.17) is 16.3 Å². The number of halogens is 4. The Hall–Kier alpha value is -3.33. The van der Waals surface area contributed by atoms with E-state index < -0.39 is 11.9 Å². The van der Waals surface area contributed by atoms with Crippen LogP contribution < -0.4 is 15.4 Å². The van der Waals surface area contributed by atoms with Crippen LogP contribution in [0.4, 0.5) is 18.9 Å². The number of benzene rings is 2. The molecule has 1 heterocycles. The van der Waals surface area contributed by atoms with Crippen molar-refractivity contribution in [3.05, 3.63) is 64.8 Å². The van der Waals surface area contributed by atoms with Gasteiger partial charge in [0.15, 0.2) is 0 Å². The molecular weight excluding hydrogens is 495 g/mol. The molecule has 0 saturated heterocycles.